The number of carbonyl (C=O) groups excluding carboxylic acids is 1. The summed E-state index contributed by atoms with van der Waals surface area (Å²) in [5.74, 6) is 0.531. The molecule has 1 atom stereocenters. The summed E-state index contributed by atoms with van der Waals surface area (Å²) >= 11 is 0. The second-order valence-corrected chi connectivity index (χ2v) is 4.49. The van der Waals surface area contributed by atoms with Gasteiger partial charge in [0.15, 0.2) is 6.61 Å². The second kappa shape index (κ2) is 8.53. The molecule has 0 saturated heterocycles. The molecule has 0 bridgehead atoms. The highest BCUT2D eigenvalue weighted by molar-refractivity contribution is 5.77. The van der Waals surface area contributed by atoms with Crippen LogP contribution in [-0.4, -0.2) is 24.2 Å². The van der Waals surface area contributed by atoms with E-state index in [1.807, 2.05) is 19.1 Å². The van der Waals surface area contributed by atoms with Gasteiger partial charge in [-0.05, 0) is 30.5 Å². The first-order chi connectivity index (χ1) is 9.17. The molecule has 0 aliphatic heterocycles. The van der Waals surface area contributed by atoms with Crippen molar-refractivity contribution < 1.29 is 14.6 Å². The highest BCUT2D eigenvalue weighted by Gasteiger charge is 2.05. The summed E-state index contributed by atoms with van der Waals surface area (Å²) in [5.41, 5.74) is 0.863. The third-order valence-corrected chi connectivity index (χ3v) is 2.87. The van der Waals surface area contributed by atoms with E-state index in [1.54, 1.807) is 12.1 Å². The normalized spacial score (nSPS) is 11.9. The van der Waals surface area contributed by atoms with Gasteiger partial charge in [0.05, 0.1) is 6.10 Å². The lowest BCUT2D eigenvalue weighted by molar-refractivity contribution is -0.123. The Morgan fingerprint density at radius 3 is 2.58 bits per heavy atom. The van der Waals surface area contributed by atoms with E-state index in [9.17, 15) is 9.90 Å². The van der Waals surface area contributed by atoms with E-state index in [4.69, 9.17) is 4.74 Å². The van der Waals surface area contributed by atoms with Gasteiger partial charge in [-0.15, -0.1) is 0 Å². The molecule has 0 aromatic heterocycles. The van der Waals surface area contributed by atoms with E-state index >= 15 is 0 Å². The highest BCUT2D eigenvalue weighted by atomic mass is 16.5. The van der Waals surface area contributed by atoms with Gasteiger partial charge in [-0.2, -0.15) is 0 Å². The molecule has 1 amide bonds. The number of amides is 1. The Bertz CT molecular complexity index is 375. The highest BCUT2D eigenvalue weighted by Crippen LogP contribution is 2.19. The molecule has 0 unspecified atom stereocenters. The Morgan fingerprint density at radius 1 is 1.32 bits per heavy atom. The standard InChI is InChI=1S/C15H23NO3/c1-3-5-10-16-15(18)11-19-13-8-6-12(7-9-13)14(17)4-2/h6-9,14,17H,3-5,10-11H2,1-2H3,(H,16,18)/t14-/m1/s1. The summed E-state index contributed by atoms with van der Waals surface area (Å²) in [4.78, 5) is 11.4. The summed E-state index contributed by atoms with van der Waals surface area (Å²) in [5, 5.41) is 12.4. The quantitative estimate of drug-likeness (QED) is 0.710. The van der Waals surface area contributed by atoms with E-state index in [0.717, 1.165) is 18.4 Å². The monoisotopic (exact) mass is 265 g/mol. The van der Waals surface area contributed by atoms with Gasteiger partial charge in [0.2, 0.25) is 0 Å². The fourth-order valence-corrected chi connectivity index (χ4v) is 1.63. The molecule has 0 aliphatic carbocycles. The van der Waals surface area contributed by atoms with Crippen LogP contribution in [0.2, 0.25) is 0 Å². The molecule has 1 aromatic rings. The lowest BCUT2D eigenvalue weighted by Gasteiger charge is -2.10. The number of hydrogen-bond donors (Lipinski definition) is 2. The molecule has 0 radical (unpaired) electrons. The Balaban J connectivity index is 2.35. The minimum atomic E-state index is -0.439. The molecule has 106 valence electrons. The molecule has 0 spiro atoms. The number of rotatable bonds is 8. The zero-order valence-corrected chi connectivity index (χ0v) is 11.7. The van der Waals surface area contributed by atoms with Crippen molar-refractivity contribution in [2.24, 2.45) is 0 Å². The molecule has 19 heavy (non-hydrogen) atoms. The van der Waals surface area contributed by atoms with Crippen molar-refractivity contribution in [3.63, 3.8) is 0 Å². The Labute approximate surface area is 114 Å². The predicted molar refractivity (Wildman–Crippen MR) is 75.1 cm³/mol. The summed E-state index contributed by atoms with van der Waals surface area (Å²) in [6, 6.07) is 7.18. The van der Waals surface area contributed by atoms with Crippen molar-refractivity contribution in [3.8, 4) is 5.75 Å². The molecule has 0 fully saturated rings. The van der Waals surface area contributed by atoms with Crippen LogP contribution >= 0.6 is 0 Å². The summed E-state index contributed by atoms with van der Waals surface area (Å²) in [6.45, 7) is 4.73. The molecular weight excluding hydrogens is 242 g/mol. The summed E-state index contributed by atoms with van der Waals surface area (Å²) < 4.78 is 5.37. The van der Waals surface area contributed by atoms with E-state index in [1.165, 1.54) is 0 Å². The zero-order chi connectivity index (χ0) is 14.1. The van der Waals surface area contributed by atoms with Crippen molar-refractivity contribution in [3.05, 3.63) is 29.8 Å². The van der Waals surface area contributed by atoms with Gasteiger partial charge in [-0.1, -0.05) is 32.4 Å². The van der Waals surface area contributed by atoms with Crippen LogP contribution in [0.4, 0.5) is 0 Å². The third-order valence-electron chi connectivity index (χ3n) is 2.87. The second-order valence-electron chi connectivity index (χ2n) is 4.49. The number of benzene rings is 1. The van der Waals surface area contributed by atoms with Crippen molar-refractivity contribution >= 4 is 5.91 Å². The first-order valence-electron chi connectivity index (χ1n) is 6.84. The fraction of sp³-hybridized carbons (Fsp3) is 0.533. The summed E-state index contributed by atoms with van der Waals surface area (Å²) in [6.07, 6.45) is 2.28. The summed E-state index contributed by atoms with van der Waals surface area (Å²) in [7, 11) is 0. The Kier molecular flexibility index (Phi) is 6.97. The van der Waals surface area contributed by atoms with Crippen LogP contribution in [-0.2, 0) is 4.79 Å². The third kappa shape index (κ3) is 5.75. The molecule has 2 N–H and O–H groups in total. The van der Waals surface area contributed by atoms with Gasteiger partial charge in [0.1, 0.15) is 5.75 Å². The Morgan fingerprint density at radius 2 is 2.00 bits per heavy atom. The van der Waals surface area contributed by atoms with Crippen LogP contribution in [0.25, 0.3) is 0 Å². The molecule has 0 heterocycles. The van der Waals surface area contributed by atoms with E-state index in [-0.39, 0.29) is 12.5 Å². The zero-order valence-electron chi connectivity index (χ0n) is 11.7. The number of nitrogens with one attached hydrogen (secondary N) is 1. The first-order valence-corrected chi connectivity index (χ1v) is 6.84. The lowest BCUT2D eigenvalue weighted by atomic mass is 10.1. The predicted octanol–water partition coefficient (Wildman–Crippen LogP) is 2.43. The maximum absolute atomic E-state index is 11.4. The molecule has 0 saturated carbocycles. The number of carbonyl (C=O) groups is 1. The molecule has 1 rings (SSSR count). The minimum Gasteiger partial charge on any atom is -0.484 e. The Hall–Kier alpha value is -1.55. The van der Waals surface area contributed by atoms with Gasteiger partial charge in [0.25, 0.3) is 5.91 Å². The van der Waals surface area contributed by atoms with E-state index in [2.05, 4.69) is 12.2 Å². The van der Waals surface area contributed by atoms with E-state index < -0.39 is 6.10 Å². The SMILES string of the molecule is CCCCNC(=O)COc1ccc([C@H](O)CC)cc1. The average molecular weight is 265 g/mol. The number of ether oxygens (including phenoxy) is 1. The number of unbranched alkanes of at least 4 members (excludes halogenated alkanes) is 1. The van der Waals surface area contributed by atoms with Crippen LogP contribution < -0.4 is 10.1 Å². The molecule has 4 heteroatoms. The van der Waals surface area contributed by atoms with Gasteiger partial charge in [-0.25, -0.2) is 0 Å². The van der Waals surface area contributed by atoms with Crippen molar-refractivity contribution in [2.45, 2.75) is 39.2 Å². The first kappa shape index (κ1) is 15.5. The van der Waals surface area contributed by atoms with Gasteiger partial charge >= 0.3 is 0 Å². The molecule has 0 aliphatic rings. The maximum atomic E-state index is 11.4. The largest absolute Gasteiger partial charge is 0.484 e. The van der Waals surface area contributed by atoms with E-state index in [0.29, 0.717) is 18.7 Å². The van der Waals surface area contributed by atoms with Crippen LogP contribution in [0.3, 0.4) is 0 Å². The minimum absolute atomic E-state index is 0.0272. The topological polar surface area (TPSA) is 58.6 Å². The molecular formula is C15H23NO3. The van der Waals surface area contributed by atoms with Crippen LogP contribution in [0.15, 0.2) is 24.3 Å². The number of aliphatic hydroxyl groups excluding tert-OH is 1. The van der Waals surface area contributed by atoms with Crippen molar-refractivity contribution in [1.29, 1.82) is 0 Å². The average Bonchev–Trinajstić information content (AvgIpc) is 2.45. The lowest BCUT2D eigenvalue weighted by Crippen LogP contribution is -2.29. The number of hydrogen-bond acceptors (Lipinski definition) is 3. The van der Waals surface area contributed by atoms with Gasteiger partial charge in [-0.3, -0.25) is 4.79 Å². The van der Waals surface area contributed by atoms with Gasteiger partial charge < -0.3 is 15.2 Å². The van der Waals surface area contributed by atoms with Crippen LogP contribution in [0.5, 0.6) is 5.75 Å². The van der Waals surface area contributed by atoms with Gasteiger partial charge in [0, 0.05) is 6.54 Å². The smallest absolute Gasteiger partial charge is 0.257 e. The van der Waals surface area contributed by atoms with Crippen LogP contribution in [0.1, 0.15) is 44.8 Å². The van der Waals surface area contributed by atoms with Crippen molar-refractivity contribution in [1.82, 2.24) is 5.32 Å². The molecule has 1 aromatic carbocycles. The van der Waals surface area contributed by atoms with Crippen LogP contribution in [0, 0.1) is 0 Å². The number of aliphatic hydroxyl groups is 1. The van der Waals surface area contributed by atoms with Crippen molar-refractivity contribution in [2.75, 3.05) is 13.2 Å². The maximum Gasteiger partial charge on any atom is 0.257 e. The fourth-order valence-electron chi connectivity index (χ4n) is 1.63. The molecule has 4 nitrogen and oxygen atoms in total.